The van der Waals surface area contributed by atoms with Crippen LogP contribution in [0.3, 0.4) is 0 Å². The standard InChI is InChI=1S/C55H81BN2S/c1-19-23-24-25-32-56(51-36-44-35-45-46(37-50(44)59-51)55(17,18)31-30-54(45,15)16)47(38-58-48(21-3)40(7)28-29-52(10,11)12)49(34-41(8)39(5)6)57-33-26-27-43(20-2)42(9)53(13,14)22-4/h19,21,23-28,32,34-39,57-58H,1,8,20,22,29-31,33H2,2-7,9-18H3/b24-23-,27-26-,32-25+,40-28-,43-42+,47-38-,48-21+,49-34+. The highest BCUT2D eigenvalue weighted by Gasteiger charge is 2.37. The zero-order valence-electron chi connectivity index (χ0n) is 40.3. The fourth-order valence-electron chi connectivity index (χ4n) is 7.60. The third-order valence-corrected chi connectivity index (χ3v) is 14.0. The van der Waals surface area contributed by atoms with Gasteiger partial charge >= 0.3 is 0 Å². The van der Waals surface area contributed by atoms with E-state index in [1.165, 1.54) is 55.6 Å². The lowest BCUT2D eigenvalue weighted by Crippen LogP contribution is -2.34. The first-order valence-electron chi connectivity index (χ1n) is 22.4. The maximum atomic E-state index is 4.57. The third-order valence-electron chi connectivity index (χ3n) is 12.8. The molecule has 1 aliphatic carbocycles. The molecule has 2 N–H and O–H groups in total. The van der Waals surface area contributed by atoms with E-state index in [-0.39, 0.29) is 28.4 Å². The van der Waals surface area contributed by atoms with Crippen molar-refractivity contribution < 1.29 is 0 Å². The molecule has 2 nitrogen and oxygen atoms in total. The first-order valence-corrected chi connectivity index (χ1v) is 23.2. The molecule has 1 aliphatic rings. The van der Waals surface area contributed by atoms with Crippen LogP contribution in [0.5, 0.6) is 0 Å². The van der Waals surface area contributed by atoms with Crippen LogP contribution < -0.4 is 15.4 Å². The van der Waals surface area contributed by atoms with Crippen LogP contribution in [0, 0.1) is 16.7 Å². The number of hydrogen-bond acceptors (Lipinski definition) is 3. The van der Waals surface area contributed by atoms with E-state index in [0.29, 0.717) is 12.5 Å². The molecule has 0 saturated heterocycles. The molecule has 2 aromatic rings. The van der Waals surface area contributed by atoms with Crippen molar-refractivity contribution in [1.29, 1.82) is 0 Å². The highest BCUT2D eigenvalue weighted by atomic mass is 32.1. The van der Waals surface area contributed by atoms with Crippen LogP contribution in [-0.2, 0) is 10.8 Å². The number of rotatable bonds is 19. The van der Waals surface area contributed by atoms with Crippen molar-refractivity contribution in [3.05, 3.63) is 149 Å². The van der Waals surface area contributed by atoms with Gasteiger partial charge in [0.2, 0.25) is 0 Å². The van der Waals surface area contributed by atoms with Crippen LogP contribution in [0.25, 0.3) is 10.1 Å². The van der Waals surface area contributed by atoms with Crippen LogP contribution in [0.1, 0.15) is 154 Å². The summed E-state index contributed by atoms with van der Waals surface area (Å²) in [6.45, 7) is 46.1. The Bertz CT molecular complexity index is 1980. The summed E-state index contributed by atoms with van der Waals surface area (Å²) in [5, 5.41) is 9.09. The number of benzene rings is 1. The fourth-order valence-corrected chi connectivity index (χ4v) is 8.78. The average Bonchev–Trinajstić information content (AvgIpc) is 3.59. The Balaban J connectivity index is 2.35. The van der Waals surface area contributed by atoms with Gasteiger partial charge in [-0.25, -0.2) is 0 Å². The molecule has 0 fully saturated rings. The molecular formula is C55H81BN2S. The fraction of sp³-hybridized carbons (Fsp3) is 0.491. The second kappa shape index (κ2) is 21.2. The summed E-state index contributed by atoms with van der Waals surface area (Å²) in [4.78, 5) is 0. The number of thiophene rings is 1. The van der Waals surface area contributed by atoms with Gasteiger partial charge in [0.25, 0.3) is 6.71 Å². The predicted molar refractivity (Wildman–Crippen MR) is 270 cm³/mol. The van der Waals surface area contributed by atoms with Crippen molar-refractivity contribution in [3.8, 4) is 0 Å². The zero-order valence-corrected chi connectivity index (χ0v) is 41.1. The van der Waals surface area contributed by atoms with Gasteiger partial charge in [-0.3, -0.25) is 0 Å². The van der Waals surface area contributed by atoms with Crippen molar-refractivity contribution >= 4 is 32.9 Å². The van der Waals surface area contributed by atoms with Gasteiger partial charge in [-0.2, -0.15) is 0 Å². The Kier molecular flexibility index (Phi) is 17.8. The average molecular weight is 813 g/mol. The molecule has 0 saturated carbocycles. The Morgan fingerprint density at radius 1 is 0.932 bits per heavy atom. The summed E-state index contributed by atoms with van der Waals surface area (Å²) in [7, 11) is 0. The monoisotopic (exact) mass is 813 g/mol. The Labute approximate surface area is 367 Å². The molecule has 3 rings (SSSR count). The molecule has 0 unspecified atom stereocenters. The molecule has 4 heteroatoms. The van der Waals surface area contributed by atoms with Crippen LogP contribution in [0.4, 0.5) is 0 Å². The molecule has 0 aliphatic heterocycles. The Morgan fingerprint density at radius 3 is 2.14 bits per heavy atom. The smallest absolute Gasteiger partial charge is 0.251 e. The molecule has 59 heavy (non-hydrogen) atoms. The second-order valence-corrected chi connectivity index (χ2v) is 21.4. The number of hydrogen-bond donors (Lipinski definition) is 2. The van der Waals surface area contributed by atoms with Crippen LogP contribution >= 0.6 is 11.3 Å². The molecule has 0 bridgehead atoms. The van der Waals surface area contributed by atoms with Crippen LogP contribution in [-0.4, -0.2) is 13.3 Å². The predicted octanol–water partition coefficient (Wildman–Crippen LogP) is 15.5. The van der Waals surface area contributed by atoms with Crippen molar-refractivity contribution in [2.75, 3.05) is 6.54 Å². The molecule has 1 aromatic heterocycles. The van der Waals surface area contributed by atoms with Gasteiger partial charge in [0, 0.05) is 22.6 Å². The van der Waals surface area contributed by atoms with E-state index in [1.807, 2.05) is 23.5 Å². The largest absolute Gasteiger partial charge is 0.382 e. The lowest BCUT2D eigenvalue weighted by atomic mass is 9.42. The van der Waals surface area contributed by atoms with Gasteiger partial charge in [-0.1, -0.05) is 163 Å². The zero-order chi connectivity index (χ0) is 44.3. The van der Waals surface area contributed by atoms with Gasteiger partial charge in [0.05, 0.1) is 0 Å². The van der Waals surface area contributed by atoms with E-state index in [4.69, 9.17) is 0 Å². The van der Waals surface area contributed by atoms with Crippen LogP contribution in [0.15, 0.2) is 137 Å². The SMILES string of the molecule is C=C/C=C\C=C\B(C(=C\NC(=C/C)/C(C)=C\CC(C)(C)C)/C(=C\C(=C)C(C)C)NC/C=C\C(CC)=C(/C)C(C)(C)CC)c1cc2cc3c(cc2s1)C(C)(C)CCC3(C)C. The van der Waals surface area contributed by atoms with Gasteiger partial charge in [-0.05, 0) is 149 Å². The summed E-state index contributed by atoms with van der Waals surface area (Å²) in [5.41, 5.74) is 12.2. The maximum Gasteiger partial charge on any atom is 0.251 e. The minimum Gasteiger partial charge on any atom is -0.382 e. The highest BCUT2D eigenvalue weighted by Crippen LogP contribution is 2.47. The summed E-state index contributed by atoms with van der Waals surface area (Å²) in [6.07, 6.45) is 27.4. The normalized spacial score (nSPS) is 17.3. The molecule has 1 heterocycles. The summed E-state index contributed by atoms with van der Waals surface area (Å²) >= 11 is 1.93. The molecule has 1 aromatic carbocycles. The van der Waals surface area contributed by atoms with Crippen molar-refractivity contribution in [1.82, 2.24) is 10.6 Å². The molecule has 0 amide bonds. The lowest BCUT2D eigenvalue weighted by molar-refractivity contribution is 0.332. The topological polar surface area (TPSA) is 24.1 Å². The Morgan fingerprint density at radius 2 is 1.58 bits per heavy atom. The van der Waals surface area contributed by atoms with E-state index in [2.05, 4.69) is 207 Å². The van der Waals surface area contributed by atoms with E-state index in [0.717, 1.165) is 41.7 Å². The third kappa shape index (κ3) is 13.6. The first kappa shape index (κ1) is 49.6. The minimum atomic E-state index is -0.0502. The second-order valence-electron chi connectivity index (χ2n) is 20.2. The first-order chi connectivity index (χ1) is 27.5. The number of allylic oxidation sites excluding steroid dienone is 13. The lowest BCUT2D eigenvalue weighted by Gasteiger charge is -2.41. The number of fused-ring (bicyclic) bond motifs is 2. The quantitative estimate of drug-likeness (QED) is 0.109. The highest BCUT2D eigenvalue weighted by molar-refractivity contribution is 7.30. The van der Waals surface area contributed by atoms with E-state index < -0.39 is 0 Å². The van der Waals surface area contributed by atoms with Gasteiger partial charge in [0.15, 0.2) is 0 Å². The summed E-state index contributed by atoms with van der Waals surface area (Å²) in [6, 6.07) is 7.48. The van der Waals surface area contributed by atoms with Crippen molar-refractivity contribution in [3.63, 3.8) is 0 Å². The van der Waals surface area contributed by atoms with Crippen molar-refractivity contribution in [2.24, 2.45) is 16.7 Å². The summed E-state index contributed by atoms with van der Waals surface area (Å²) in [5.74, 6) is 2.65. The minimum absolute atomic E-state index is 0.0502. The van der Waals surface area contributed by atoms with Gasteiger partial charge in [0.1, 0.15) is 0 Å². The molecule has 0 atom stereocenters. The molecule has 320 valence electrons. The van der Waals surface area contributed by atoms with E-state index in [9.17, 15) is 0 Å². The molecule has 0 radical (unpaired) electrons. The Hall–Kier alpha value is -3.76. The molecule has 0 spiro atoms. The van der Waals surface area contributed by atoms with Crippen molar-refractivity contribution in [2.45, 2.75) is 154 Å². The molecular weight excluding hydrogens is 731 g/mol. The van der Waals surface area contributed by atoms with E-state index in [1.54, 1.807) is 0 Å². The van der Waals surface area contributed by atoms with Gasteiger partial charge in [-0.15, -0.1) is 17.3 Å². The van der Waals surface area contributed by atoms with Gasteiger partial charge < -0.3 is 10.6 Å². The maximum absolute atomic E-state index is 4.57. The van der Waals surface area contributed by atoms with E-state index >= 15 is 0 Å². The summed E-state index contributed by atoms with van der Waals surface area (Å²) < 4.78 is 2.66. The van der Waals surface area contributed by atoms with Crippen LogP contribution in [0.2, 0.25) is 0 Å². The number of nitrogens with one attached hydrogen (secondary N) is 2.